The smallest absolute Gasteiger partial charge is 0.311 e. The van der Waals surface area contributed by atoms with E-state index in [0.29, 0.717) is 18.8 Å². The van der Waals surface area contributed by atoms with E-state index in [0.717, 1.165) is 44.1 Å². The van der Waals surface area contributed by atoms with Crippen LogP contribution in [0.1, 0.15) is 86.0 Å². The molecule has 2 heterocycles. The number of carbonyl (C=O) groups excluding carboxylic acids is 1. The zero-order chi connectivity index (χ0) is 39.3. The van der Waals surface area contributed by atoms with Crippen molar-refractivity contribution >= 4 is 5.97 Å². The normalized spacial score (nSPS) is 54.5. The lowest BCUT2D eigenvalue weighted by Crippen LogP contribution is -2.65. The fraction of sp³-hybridized carbons (Fsp3) is 0.878. The molecule has 2 aliphatic heterocycles. The second kappa shape index (κ2) is 14.4. The molecule has 0 aromatic rings. The Morgan fingerprint density at radius 2 is 1.46 bits per heavy atom. The third kappa shape index (κ3) is 5.85. The number of fused-ring (bicyclic) bond motifs is 7. The summed E-state index contributed by atoms with van der Waals surface area (Å²) in [7, 11) is 0. The molecular formula is C41H64O13. The van der Waals surface area contributed by atoms with Crippen molar-refractivity contribution < 1.29 is 64.6 Å². The van der Waals surface area contributed by atoms with E-state index in [4.69, 9.17) is 18.9 Å². The van der Waals surface area contributed by atoms with Crippen LogP contribution in [-0.2, 0) is 23.7 Å². The second-order valence-corrected chi connectivity index (χ2v) is 19.0. The van der Waals surface area contributed by atoms with Gasteiger partial charge in [-0.25, -0.2) is 0 Å². The van der Waals surface area contributed by atoms with Crippen molar-refractivity contribution in [3.8, 4) is 0 Å². The van der Waals surface area contributed by atoms with Gasteiger partial charge in [-0.1, -0.05) is 58.4 Å². The van der Waals surface area contributed by atoms with Crippen LogP contribution in [0.2, 0.25) is 0 Å². The van der Waals surface area contributed by atoms with Gasteiger partial charge in [0, 0.05) is 11.3 Å². The minimum atomic E-state index is -1.66. The summed E-state index contributed by atoms with van der Waals surface area (Å²) >= 11 is 0. The summed E-state index contributed by atoms with van der Waals surface area (Å²) in [5.41, 5.74) is 1.41. The number of carbonyl (C=O) groups is 1. The van der Waals surface area contributed by atoms with E-state index in [-0.39, 0.29) is 46.5 Å². The number of aliphatic hydroxyl groups is 8. The molecular weight excluding hydrogens is 700 g/mol. The minimum Gasteiger partial charge on any atom is -0.432 e. The Kier molecular flexibility index (Phi) is 10.9. The molecule has 0 radical (unpaired) electrons. The molecule has 8 N–H and O–H groups in total. The van der Waals surface area contributed by atoms with Crippen molar-refractivity contribution in [2.75, 3.05) is 19.8 Å². The van der Waals surface area contributed by atoms with Crippen molar-refractivity contribution in [1.29, 1.82) is 0 Å². The van der Waals surface area contributed by atoms with Gasteiger partial charge in [-0.2, -0.15) is 0 Å². The van der Waals surface area contributed by atoms with E-state index in [2.05, 4.69) is 47.3 Å². The standard InChI is InChI=1S/C41H64O13/c1-19-15-22(35(50)54-37-34(49)32(47)30(45)24(16-42)52-37)21-9-13-40(5)23(29(21)20(19)2)7-8-27-38(3)12-11-28(53-36-33(48)31(46)25(17-43)51-36)39(4,18-44)26(38)10-14-41(27,40)6/h7,19,21-22,24-34,36-37,42-49H,2,8-18H2,1,3-6H3/t19-,21+,22-,24-,25-,26-,27-,28+,29-,30-,31-,32+,33+,34-,36-,37+,38+,39+,40-,41-/m1/s1. The highest BCUT2D eigenvalue weighted by molar-refractivity contribution is 5.74. The van der Waals surface area contributed by atoms with Crippen molar-refractivity contribution in [2.45, 2.75) is 147 Å². The van der Waals surface area contributed by atoms with E-state index in [1.54, 1.807) is 0 Å². The molecule has 0 aromatic carbocycles. The maximum absolute atomic E-state index is 14.0. The average molecular weight is 765 g/mol. The molecule has 7 rings (SSSR count). The number of allylic oxidation sites excluding steroid dienone is 3. The first-order chi connectivity index (χ1) is 25.4. The largest absolute Gasteiger partial charge is 0.432 e. The molecule has 54 heavy (non-hydrogen) atoms. The average Bonchev–Trinajstić information content (AvgIpc) is 3.42. The van der Waals surface area contributed by atoms with Gasteiger partial charge in [0.25, 0.3) is 0 Å². The van der Waals surface area contributed by atoms with Gasteiger partial charge in [0.2, 0.25) is 6.29 Å². The summed E-state index contributed by atoms with van der Waals surface area (Å²) < 4.78 is 23.4. The number of hydrogen-bond donors (Lipinski definition) is 8. The number of hydrogen-bond acceptors (Lipinski definition) is 13. The lowest BCUT2D eigenvalue weighted by molar-refractivity contribution is -0.294. The Morgan fingerprint density at radius 1 is 0.833 bits per heavy atom. The summed E-state index contributed by atoms with van der Waals surface area (Å²) in [5, 5.41) is 82.6. The minimum absolute atomic E-state index is 0.0253. The predicted molar refractivity (Wildman–Crippen MR) is 193 cm³/mol. The Labute approximate surface area is 318 Å². The highest BCUT2D eigenvalue weighted by atomic mass is 16.7. The topological polar surface area (TPSA) is 216 Å². The summed E-state index contributed by atoms with van der Waals surface area (Å²) in [6.45, 7) is 14.9. The maximum atomic E-state index is 14.0. The number of rotatable bonds is 7. The highest BCUT2D eigenvalue weighted by Gasteiger charge is 2.68. The monoisotopic (exact) mass is 764 g/mol. The maximum Gasteiger partial charge on any atom is 0.311 e. The molecule has 0 amide bonds. The van der Waals surface area contributed by atoms with Crippen molar-refractivity contribution in [3.05, 3.63) is 23.8 Å². The van der Waals surface area contributed by atoms with E-state index < -0.39 is 91.9 Å². The molecule has 13 nitrogen and oxygen atoms in total. The van der Waals surface area contributed by atoms with E-state index in [1.165, 1.54) is 5.57 Å². The first-order valence-electron chi connectivity index (χ1n) is 20.2. The molecule has 0 aromatic heterocycles. The van der Waals surface area contributed by atoms with Crippen LogP contribution >= 0.6 is 0 Å². The molecule has 20 atom stereocenters. The predicted octanol–water partition coefficient (Wildman–Crippen LogP) is 1.56. The lowest BCUT2D eigenvalue weighted by atomic mass is 9.34. The van der Waals surface area contributed by atoms with Crippen LogP contribution < -0.4 is 0 Å². The zero-order valence-corrected chi connectivity index (χ0v) is 32.4. The molecule has 4 saturated carbocycles. The van der Waals surface area contributed by atoms with Crippen LogP contribution in [0.15, 0.2) is 23.8 Å². The van der Waals surface area contributed by atoms with Crippen molar-refractivity contribution in [2.24, 2.45) is 57.2 Å². The van der Waals surface area contributed by atoms with Crippen LogP contribution in [0.3, 0.4) is 0 Å². The molecule has 6 fully saturated rings. The Bertz CT molecular complexity index is 1470. The van der Waals surface area contributed by atoms with Gasteiger partial charge in [0.05, 0.1) is 31.8 Å². The van der Waals surface area contributed by atoms with Gasteiger partial charge >= 0.3 is 5.97 Å². The van der Waals surface area contributed by atoms with E-state index >= 15 is 0 Å². The van der Waals surface area contributed by atoms with Crippen LogP contribution in [-0.4, -0.2) is 128 Å². The van der Waals surface area contributed by atoms with Gasteiger partial charge in [-0.15, -0.1) is 0 Å². The van der Waals surface area contributed by atoms with E-state index in [9.17, 15) is 45.6 Å². The van der Waals surface area contributed by atoms with Crippen molar-refractivity contribution in [1.82, 2.24) is 0 Å². The second-order valence-electron chi connectivity index (χ2n) is 19.0. The first kappa shape index (κ1) is 40.7. The third-order valence-electron chi connectivity index (χ3n) is 16.7. The van der Waals surface area contributed by atoms with Gasteiger partial charge in [0.1, 0.15) is 42.7 Å². The number of ether oxygens (including phenoxy) is 4. The quantitative estimate of drug-likeness (QED) is 0.137. The zero-order valence-electron chi connectivity index (χ0n) is 32.4. The summed E-state index contributed by atoms with van der Waals surface area (Å²) in [4.78, 5) is 14.0. The summed E-state index contributed by atoms with van der Waals surface area (Å²) in [6, 6.07) is 0. The molecule has 0 spiro atoms. The molecule has 5 aliphatic carbocycles. The number of esters is 1. The molecule has 306 valence electrons. The first-order valence-corrected chi connectivity index (χ1v) is 20.2. The van der Waals surface area contributed by atoms with Gasteiger partial charge in [-0.3, -0.25) is 4.79 Å². The molecule has 7 aliphatic rings. The van der Waals surface area contributed by atoms with E-state index in [1.807, 2.05) is 0 Å². The van der Waals surface area contributed by atoms with Gasteiger partial charge in [0.15, 0.2) is 6.29 Å². The van der Waals surface area contributed by atoms with Crippen LogP contribution in [0.4, 0.5) is 0 Å². The molecule has 0 bridgehead atoms. The van der Waals surface area contributed by atoms with Crippen LogP contribution in [0.25, 0.3) is 0 Å². The van der Waals surface area contributed by atoms with Crippen molar-refractivity contribution in [3.63, 3.8) is 0 Å². The summed E-state index contributed by atoms with van der Waals surface area (Å²) in [5.74, 6) is -0.682. The molecule has 0 unspecified atom stereocenters. The summed E-state index contributed by atoms with van der Waals surface area (Å²) in [6.07, 6.45) is -3.76. The van der Waals surface area contributed by atoms with Gasteiger partial charge in [-0.05, 0) is 91.3 Å². The fourth-order valence-corrected chi connectivity index (χ4v) is 13.2. The molecule has 13 heteroatoms. The Balaban J connectivity index is 1.13. The van der Waals surface area contributed by atoms with Crippen LogP contribution in [0, 0.1) is 57.2 Å². The van der Waals surface area contributed by atoms with Gasteiger partial charge < -0.3 is 59.8 Å². The Hall–Kier alpha value is -1.49. The fourth-order valence-electron chi connectivity index (χ4n) is 13.2. The lowest BCUT2D eigenvalue weighted by Gasteiger charge is -2.71. The third-order valence-corrected chi connectivity index (χ3v) is 16.7. The Morgan fingerprint density at radius 3 is 2.11 bits per heavy atom. The van der Waals surface area contributed by atoms with Crippen LogP contribution in [0.5, 0.6) is 0 Å². The number of aliphatic hydroxyl groups excluding tert-OH is 8. The highest BCUT2D eigenvalue weighted by Crippen LogP contribution is 2.75. The molecule has 2 saturated heterocycles. The SMILES string of the molecule is C=C1[C@H]2C3=CC[C@@H]4[C@@]5(C)CC[C@H](O[C@H]6O[C@H](CO)[C@@H](O)[C@@H]6O)[C@@](C)(CO)[C@@H]5CC[C@@]4(C)[C@]3(C)CC[C@H]2[C@H](C(=O)O[C@@H]2O[C@H](CO)[C@@H](O)[C@H](O)[C@H]2O)C[C@H]1C.